The third kappa shape index (κ3) is 20.4. The van der Waals surface area contributed by atoms with E-state index in [2.05, 4.69) is 31.0 Å². The lowest BCUT2D eigenvalue weighted by Gasteiger charge is -2.22. The van der Waals surface area contributed by atoms with Gasteiger partial charge in [-0.05, 0) is 58.2 Å². The van der Waals surface area contributed by atoms with Crippen LogP contribution in [0.5, 0.6) is 0 Å². The number of hydrogen-bond donors (Lipinski definition) is 2. The first kappa shape index (κ1) is 31.1. The minimum atomic E-state index is -1.19. The van der Waals surface area contributed by atoms with Gasteiger partial charge in [-0.15, -0.1) is 0 Å². The Hall–Kier alpha value is -1.89. The largest absolute Gasteiger partial charge is 0.478 e. The molecule has 33 heavy (non-hydrogen) atoms. The number of unbranched alkanes of at least 4 members (excludes halogenated alkanes) is 6. The van der Waals surface area contributed by atoms with Gasteiger partial charge in [0.15, 0.2) is 0 Å². The summed E-state index contributed by atoms with van der Waals surface area (Å²) in [6, 6.07) is 0. The summed E-state index contributed by atoms with van der Waals surface area (Å²) >= 11 is 0. The second-order valence-corrected chi connectivity index (χ2v) is 8.72. The number of carbonyl (C=O) groups excluding carboxylic acids is 2. The number of carboxylic acid groups (broad SMARTS) is 1. The summed E-state index contributed by atoms with van der Waals surface area (Å²) < 4.78 is 5.41. The molecule has 0 saturated heterocycles. The van der Waals surface area contributed by atoms with Gasteiger partial charge in [-0.2, -0.15) is 0 Å². The Morgan fingerprint density at radius 2 is 1.42 bits per heavy atom. The van der Waals surface area contributed by atoms with Gasteiger partial charge in [0.2, 0.25) is 5.91 Å². The number of hydrogen-bond acceptors (Lipinski definition) is 5. The molecule has 0 fully saturated rings. The van der Waals surface area contributed by atoms with Crippen molar-refractivity contribution in [3.8, 4) is 0 Å². The van der Waals surface area contributed by atoms with E-state index < -0.39 is 11.9 Å². The molecule has 7 nitrogen and oxygen atoms in total. The van der Waals surface area contributed by atoms with Crippen LogP contribution in [0.3, 0.4) is 0 Å². The zero-order chi connectivity index (χ0) is 24.7. The van der Waals surface area contributed by atoms with Crippen molar-refractivity contribution >= 4 is 17.8 Å². The summed E-state index contributed by atoms with van der Waals surface area (Å²) in [6.07, 6.45) is 13.9. The molecule has 1 atom stereocenters. The molecule has 0 saturated carbocycles. The normalized spacial score (nSPS) is 12.2. The summed E-state index contributed by atoms with van der Waals surface area (Å²) in [5.41, 5.74) is 0. The molecule has 1 unspecified atom stereocenters. The molecule has 2 N–H and O–H groups in total. The van der Waals surface area contributed by atoms with Gasteiger partial charge >= 0.3 is 11.9 Å². The maximum absolute atomic E-state index is 12.3. The molecule has 192 valence electrons. The van der Waals surface area contributed by atoms with Crippen molar-refractivity contribution in [2.75, 3.05) is 26.2 Å². The second-order valence-electron chi connectivity index (χ2n) is 8.72. The van der Waals surface area contributed by atoms with Crippen LogP contribution in [-0.4, -0.2) is 60.1 Å². The van der Waals surface area contributed by atoms with Gasteiger partial charge in [-0.3, -0.25) is 4.79 Å². The van der Waals surface area contributed by atoms with Crippen molar-refractivity contribution in [2.45, 2.75) is 110 Å². The molecule has 0 aromatic rings. The summed E-state index contributed by atoms with van der Waals surface area (Å²) in [6.45, 7) is 10.4. The third-order valence-electron chi connectivity index (χ3n) is 5.60. The molecule has 0 rings (SSSR count). The number of nitrogens with one attached hydrogen (secondary N) is 1. The minimum absolute atomic E-state index is 0.0308. The van der Waals surface area contributed by atoms with Crippen LogP contribution < -0.4 is 5.32 Å². The van der Waals surface area contributed by atoms with Crippen molar-refractivity contribution < 1.29 is 24.2 Å². The van der Waals surface area contributed by atoms with E-state index in [-0.39, 0.29) is 12.0 Å². The third-order valence-corrected chi connectivity index (χ3v) is 5.60. The molecule has 0 aliphatic carbocycles. The van der Waals surface area contributed by atoms with E-state index in [1.54, 1.807) is 0 Å². The molecule has 0 bridgehead atoms. The van der Waals surface area contributed by atoms with Crippen LogP contribution in [0.4, 0.5) is 0 Å². The van der Waals surface area contributed by atoms with Crippen molar-refractivity contribution in [1.29, 1.82) is 0 Å². The molecule has 0 aromatic heterocycles. The highest BCUT2D eigenvalue weighted by Gasteiger charge is 2.15. The van der Waals surface area contributed by atoms with Crippen LogP contribution in [0, 0.1) is 0 Å². The summed E-state index contributed by atoms with van der Waals surface area (Å²) in [5.74, 6) is -1.89. The Bertz CT molecular complexity index is 543. The smallest absolute Gasteiger partial charge is 0.331 e. The molecule has 0 radical (unpaired) electrons. The first-order valence-electron chi connectivity index (χ1n) is 13.0. The quantitative estimate of drug-likeness (QED) is 0.131. The van der Waals surface area contributed by atoms with E-state index in [1.165, 1.54) is 32.1 Å². The number of esters is 1. The minimum Gasteiger partial charge on any atom is -0.478 e. The molecule has 0 aliphatic rings. The highest BCUT2D eigenvalue weighted by atomic mass is 16.5. The Labute approximate surface area is 201 Å². The van der Waals surface area contributed by atoms with Crippen molar-refractivity contribution in [1.82, 2.24) is 10.2 Å². The van der Waals surface area contributed by atoms with Gasteiger partial charge < -0.3 is 20.1 Å². The number of amides is 1. The van der Waals surface area contributed by atoms with Gasteiger partial charge in [0.05, 0.1) is 0 Å². The van der Waals surface area contributed by atoms with Crippen LogP contribution in [-0.2, 0) is 19.1 Å². The molecule has 0 spiro atoms. The topological polar surface area (TPSA) is 95.9 Å². The molecule has 7 heteroatoms. The lowest BCUT2D eigenvalue weighted by atomic mass is 10.0. The number of aliphatic carboxylic acids is 1. The number of rotatable bonds is 22. The van der Waals surface area contributed by atoms with Crippen molar-refractivity contribution in [3.05, 3.63) is 12.2 Å². The average molecular weight is 469 g/mol. The van der Waals surface area contributed by atoms with Crippen LogP contribution in [0.15, 0.2) is 12.2 Å². The van der Waals surface area contributed by atoms with Crippen LogP contribution in [0.1, 0.15) is 104 Å². The maximum Gasteiger partial charge on any atom is 0.331 e. The second kappa shape index (κ2) is 21.9. The molecule has 0 heterocycles. The van der Waals surface area contributed by atoms with Gasteiger partial charge in [-0.25, -0.2) is 9.59 Å². The number of carbonyl (C=O) groups is 3. The fourth-order valence-electron chi connectivity index (χ4n) is 3.59. The zero-order valence-corrected chi connectivity index (χ0v) is 21.3. The molecule has 0 aliphatic heterocycles. The van der Waals surface area contributed by atoms with Gasteiger partial charge in [0, 0.05) is 25.1 Å². The molecule has 0 aromatic carbocycles. The molecular formula is C26H48N2O5. The predicted octanol–water partition coefficient (Wildman–Crippen LogP) is 5.09. The Morgan fingerprint density at radius 1 is 0.818 bits per heavy atom. The zero-order valence-electron chi connectivity index (χ0n) is 21.3. The molecular weight excluding hydrogens is 420 g/mol. The van der Waals surface area contributed by atoms with Crippen molar-refractivity contribution in [3.63, 3.8) is 0 Å². The van der Waals surface area contributed by atoms with Gasteiger partial charge in [-0.1, -0.05) is 59.3 Å². The highest BCUT2D eigenvalue weighted by molar-refractivity contribution is 5.90. The fourth-order valence-corrected chi connectivity index (χ4v) is 3.59. The van der Waals surface area contributed by atoms with Crippen molar-refractivity contribution in [2.24, 2.45) is 0 Å². The van der Waals surface area contributed by atoms with Crippen LogP contribution in [0.2, 0.25) is 0 Å². The van der Waals surface area contributed by atoms with E-state index >= 15 is 0 Å². The highest BCUT2D eigenvalue weighted by Crippen LogP contribution is 2.14. The fraction of sp³-hybridized carbons (Fsp3) is 0.808. The predicted molar refractivity (Wildman–Crippen MR) is 133 cm³/mol. The number of carboxylic acids is 1. The summed E-state index contributed by atoms with van der Waals surface area (Å²) in [5, 5.41) is 11.7. The van der Waals surface area contributed by atoms with E-state index in [1.807, 2.05) is 0 Å². The van der Waals surface area contributed by atoms with E-state index in [0.29, 0.717) is 25.8 Å². The van der Waals surface area contributed by atoms with E-state index in [4.69, 9.17) is 9.84 Å². The first-order chi connectivity index (χ1) is 15.9. The Balaban J connectivity index is 4.38. The van der Waals surface area contributed by atoms with Gasteiger partial charge in [0.25, 0.3) is 0 Å². The maximum atomic E-state index is 12.3. The summed E-state index contributed by atoms with van der Waals surface area (Å²) in [7, 11) is 0. The number of ether oxygens (including phenoxy) is 1. The average Bonchev–Trinajstić information content (AvgIpc) is 2.79. The summed E-state index contributed by atoms with van der Waals surface area (Å²) in [4.78, 5) is 37.3. The Kier molecular flexibility index (Phi) is 20.7. The molecule has 1 amide bonds. The van der Waals surface area contributed by atoms with Gasteiger partial charge in [0.1, 0.15) is 6.10 Å². The lowest BCUT2D eigenvalue weighted by Crippen LogP contribution is -2.31. The SMILES string of the molecule is CCCCCCCC(CCC(=O)NCCCN(CCCC)CCCC)OC(=O)/C=C\C(=O)O. The number of nitrogens with zero attached hydrogens (tertiary/aromatic N) is 1. The standard InChI is InChI=1S/C26H48N2O5/c1-4-7-10-11-12-14-23(33-26(32)18-17-25(30)31)15-16-24(29)27-19-13-22-28(20-8-5-2)21-9-6-3/h17-18,23H,4-16,19-22H2,1-3H3,(H,27,29)(H,30,31)/b18-17-. The first-order valence-corrected chi connectivity index (χ1v) is 13.0. The van der Waals surface area contributed by atoms with Crippen LogP contribution >= 0.6 is 0 Å². The van der Waals surface area contributed by atoms with Crippen LogP contribution in [0.25, 0.3) is 0 Å². The van der Waals surface area contributed by atoms with E-state index in [9.17, 15) is 14.4 Å². The monoisotopic (exact) mass is 468 g/mol. The lowest BCUT2D eigenvalue weighted by molar-refractivity contribution is -0.145. The Morgan fingerprint density at radius 3 is 2.03 bits per heavy atom. The van der Waals surface area contributed by atoms with E-state index in [0.717, 1.165) is 63.9 Å².